The summed E-state index contributed by atoms with van der Waals surface area (Å²) in [6.45, 7) is 2.31. The van der Waals surface area contributed by atoms with Crippen molar-refractivity contribution in [1.29, 1.82) is 0 Å². The fourth-order valence-corrected chi connectivity index (χ4v) is 2.43. The number of nitrogens with zero attached hydrogens (tertiary/aromatic N) is 3. The molecule has 0 aliphatic carbocycles. The smallest absolute Gasteiger partial charge is 0.292 e. The number of para-hydroxylation sites is 1. The van der Waals surface area contributed by atoms with Crippen molar-refractivity contribution < 1.29 is 4.92 Å². The number of benzene rings is 2. The SMILES string of the molecule is Cc1ccc(NCc2ccccc2-n2cccn2)c([N+](=O)[O-])c1. The van der Waals surface area contributed by atoms with Gasteiger partial charge in [-0.3, -0.25) is 10.1 Å². The summed E-state index contributed by atoms with van der Waals surface area (Å²) in [5.41, 5.74) is 3.41. The Morgan fingerprint density at radius 3 is 2.78 bits per heavy atom. The third-order valence-corrected chi connectivity index (χ3v) is 3.56. The Bertz CT molecular complexity index is 828. The van der Waals surface area contributed by atoms with Crippen LogP contribution in [0.4, 0.5) is 11.4 Å². The number of nitrogens with one attached hydrogen (secondary N) is 1. The van der Waals surface area contributed by atoms with Crippen molar-refractivity contribution in [2.75, 3.05) is 5.32 Å². The lowest BCUT2D eigenvalue weighted by atomic mass is 10.1. The second kappa shape index (κ2) is 6.31. The lowest BCUT2D eigenvalue weighted by Gasteiger charge is -2.12. The van der Waals surface area contributed by atoms with E-state index in [9.17, 15) is 10.1 Å². The summed E-state index contributed by atoms with van der Waals surface area (Å²) < 4.78 is 1.78. The highest BCUT2D eigenvalue weighted by Crippen LogP contribution is 2.26. The van der Waals surface area contributed by atoms with E-state index in [4.69, 9.17) is 0 Å². The van der Waals surface area contributed by atoms with Gasteiger partial charge in [-0.1, -0.05) is 24.3 Å². The predicted molar refractivity (Wildman–Crippen MR) is 88.7 cm³/mol. The van der Waals surface area contributed by atoms with E-state index in [-0.39, 0.29) is 10.6 Å². The van der Waals surface area contributed by atoms with Crippen molar-refractivity contribution in [2.24, 2.45) is 0 Å². The molecule has 0 spiro atoms. The molecule has 6 heteroatoms. The van der Waals surface area contributed by atoms with Gasteiger partial charge in [0.25, 0.3) is 5.69 Å². The van der Waals surface area contributed by atoms with E-state index < -0.39 is 0 Å². The molecule has 0 aliphatic heterocycles. The number of aryl methyl sites for hydroxylation is 1. The van der Waals surface area contributed by atoms with Gasteiger partial charge in [0.15, 0.2) is 0 Å². The Morgan fingerprint density at radius 1 is 1.22 bits per heavy atom. The summed E-state index contributed by atoms with van der Waals surface area (Å²) in [6.07, 6.45) is 3.59. The van der Waals surface area contributed by atoms with E-state index in [1.807, 2.05) is 49.5 Å². The van der Waals surface area contributed by atoms with Crippen LogP contribution in [0.25, 0.3) is 5.69 Å². The first-order valence-electron chi connectivity index (χ1n) is 7.22. The van der Waals surface area contributed by atoms with E-state index in [2.05, 4.69) is 10.4 Å². The minimum Gasteiger partial charge on any atom is -0.375 e. The van der Waals surface area contributed by atoms with Gasteiger partial charge in [-0.25, -0.2) is 4.68 Å². The van der Waals surface area contributed by atoms with Gasteiger partial charge >= 0.3 is 0 Å². The Labute approximate surface area is 133 Å². The molecule has 0 amide bonds. The van der Waals surface area contributed by atoms with Crippen LogP contribution in [0, 0.1) is 17.0 Å². The highest BCUT2D eigenvalue weighted by Gasteiger charge is 2.14. The number of nitro groups is 1. The van der Waals surface area contributed by atoms with Crippen LogP contribution in [0.3, 0.4) is 0 Å². The molecule has 0 unspecified atom stereocenters. The second-order valence-corrected chi connectivity index (χ2v) is 5.21. The monoisotopic (exact) mass is 308 g/mol. The predicted octanol–water partition coefficient (Wildman–Crippen LogP) is 3.70. The number of hydrogen-bond donors (Lipinski definition) is 1. The number of rotatable bonds is 5. The molecule has 3 rings (SSSR count). The van der Waals surface area contributed by atoms with Crippen LogP contribution in [0.5, 0.6) is 0 Å². The van der Waals surface area contributed by atoms with E-state index in [1.54, 1.807) is 23.0 Å². The van der Waals surface area contributed by atoms with Crippen molar-refractivity contribution in [1.82, 2.24) is 9.78 Å². The van der Waals surface area contributed by atoms with Gasteiger partial charge in [0.05, 0.1) is 10.6 Å². The first-order chi connectivity index (χ1) is 11.1. The molecule has 3 aromatic rings. The molecule has 116 valence electrons. The summed E-state index contributed by atoms with van der Waals surface area (Å²) in [5, 5.41) is 18.6. The molecule has 0 bridgehead atoms. The van der Waals surface area contributed by atoms with E-state index in [0.717, 1.165) is 16.8 Å². The van der Waals surface area contributed by atoms with Crippen molar-refractivity contribution in [3.05, 3.63) is 82.2 Å². The molecule has 0 aliphatic rings. The highest BCUT2D eigenvalue weighted by atomic mass is 16.6. The Morgan fingerprint density at radius 2 is 2.04 bits per heavy atom. The maximum absolute atomic E-state index is 11.2. The van der Waals surface area contributed by atoms with Crippen LogP contribution in [-0.2, 0) is 6.54 Å². The van der Waals surface area contributed by atoms with Crippen LogP contribution in [0.15, 0.2) is 60.9 Å². The molecule has 2 aromatic carbocycles. The van der Waals surface area contributed by atoms with Crippen LogP contribution in [0.1, 0.15) is 11.1 Å². The number of aromatic nitrogens is 2. The molecule has 23 heavy (non-hydrogen) atoms. The molecule has 0 saturated heterocycles. The quantitative estimate of drug-likeness (QED) is 0.576. The van der Waals surface area contributed by atoms with Crippen molar-refractivity contribution in [3.63, 3.8) is 0 Å². The van der Waals surface area contributed by atoms with Gasteiger partial charge in [-0.05, 0) is 36.2 Å². The molecule has 0 radical (unpaired) electrons. The van der Waals surface area contributed by atoms with Crippen LogP contribution >= 0.6 is 0 Å². The molecule has 1 aromatic heterocycles. The summed E-state index contributed by atoms with van der Waals surface area (Å²) >= 11 is 0. The van der Waals surface area contributed by atoms with Gasteiger partial charge in [-0.2, -0.15) is 5.10 Å². The third-order valence-electron chi connectivity index (χ3n) is 3.56. The van der Waals surface area contributed by atoms with Crippen LogP contribution in [-0.4, -0.2) is 14.7 Å². The fraction of sp³-hybridized carbons (Fsp3) is 0.118. The van der Waals surface area contributed by atoms with Crippen molar-refractivity contribution >= 4 is 11.4 Å². The summed E-state index contributed by atoms with van der Waals surface area (Å²) in [6, 6.07) is 14.8. The number of hydrogen-bond acceptors (Lipinski definition) is 4. The maximum Gasteiger partial charge on any atom is 0.292 e. The normalized spacial score (nSPS) is 10.5. The largest absolute Gasteiger partial charge is 0.375 e. The van der Waals surface area contributed by atoms with Crippen LogP contribution < -0.4 is 5.32 Å². The molecule has 1 N–H and O–H groups in total. The molecule has 0 atom stereocenters. The number of nitro benzene ring substituents is 1. The highest BCUT2D eigenvalue weighted by molar-refractivity contribution is 5.63. The molecule has 0 fully saturated rings. The molecular formula is C17H16N4O2. The van der Waals surface area contributed by atoms with Crippen molar-refractivity contribution in [2.45, 2.75) is 13.5 Å². The maximum atomic E-state index is 11.2. The molecular weight excluding hydrogens is 292 g/mol. The zero-order valence-corrected chi connectivity index (χ0v) is 12.6. The van der Waals surface area contributed by atoms with Crippen LogP contribution in [0.2, 0.25) is 0 Å². The average Bonchev–Trinajstić information content (AvgIpc) is 3.08. The topological polar surface area (TPSA) is 73.0 Å². The molecule has 6 nitrogen and oxygen atoms in total. The summed E-state index contributed by atoms with van der Waals surface area (Å²) in [5.74, 6) is 0. The first-order valence-corrected chi connectivity index (χ1v) is 7.22. The number of anilines is 1. The molecule has 0 saturated carbocycles. The lowest BCUT2D eigenvalue weighted by molar-refractivity contribution is -0.384. The zero-order valence-electron chi connectivity index (χ0n) is 12.6. The molecule has 1 heterocycles. The minimum atomic E-state index is -0.366. The van der Waals surface area contributed by atoms with Gasteiger partial charge < -0.3 is 5.32 Å². The summed E-state index contributed by atoms with van der Waals surface area (Å²) in [4.78, 5) is 10.8. The van der Waals surface area contributed by atoms with Gasteiger partial charge in [0, 0.05) is 25.0 Å². The van der Waals surface area contributed by atoms with E-state index >= 15 is 0 Å². The van der Waals surface area contributed by atoms with Gasteiger partial charge in [0.2, 0.25) is 0 Å². The van der Waals surface area contributed by atoms with E-state index in [1.165, 1.54) is 0 Å². The zero-order chi connectivity index (χ0) is 16.2. The lowest BCUT2D eigenvalue weighted by Crippen LogP contribution is -2.07. The van der Waals surface area contributed by atoms with E-state index in [0.29, 0.717) is 12.2 Å². The average molecular weight is 308 g/mol. The van der Waals surface area contributed by atoms with Gasteiger partial charge in [0.1, 0.15) is 5.69 Å². The Hall–Kier alpha value is -3.15. The summed E-state index contributed by atoms with van der Waals surface area (Å²) in [7, 11) is 0. The Balaban J connectivity index is 1.87. The second-order valence-electron chi connectivity index (χ2n) is 5.21. The first kappa shape index (κ1) is 14.8. The van der Waals surface area contributed by atoms with Gasteiger partial charge in [-0.15, -0.1) is 0 Å². The standard InChI is InChI=1S/C17H16N4O2/c1-13-7-8-15(17(11-13)21(22)23)18-12-14-5-2-3-6-16(14)20-10-4-9-19-20/h2-11,18H,12H2,1H3. The third kappa shape index (κ3) is 3.21. The Kier molecular flexibility index (Phi) is 4.05. The van der Waals surface area contributed by atoms with Crippen molar-refractivity contribution in [3.8, 4) is 5.69 Å². The minimum absolute atomic E-state index is 0.0848. The fourth-order valence-electron chi connectivity index (χ4n) is 2.43.